The Morgan fingerprint density at radius 3 is 2.57 bits per heavy atom. The third kappa shape index (κ3) is 5.32. The van der Waals surface area contributed by atoms with Gasteiger partial charge in [0.1, 0.15) is 5.75 Å². The summed E-state index contributed by atoms with van der Waals surface area (Å²) in [6.07, 6.45) is 3.21. The summed E-state index contributed by atoms with van der Waals surface area (Å²) in [4.78, 5) is 13.1. The molecule has 0 aliphatic carbocycles. The lowest BCUT2D eigenvalue weighted by Gasteiger charge is -2.42. The smallest absolute Gasteiger partial charge is 0.243 e. The van der Waals surface area contributed by atoms with Crippen LogP contribution in [0.15, 0.2) is 29.2 Å². The number of amides is 1. The predicted octanol–water partition coefficient (Wildman–Crippen LogP) is 1.80. The fraction of sp³-hybridized carbons (Fsp3) is 0.667. The lowest BCUT2D eigenvalue weighted by Crippen LogP contribution is -2.57. The van der Waals surface area contributed by atoms with Gasteiger partial charge in [-0.2, -0.15) is 4.31 Å². The largest absolute Gasteiger partial charge is 0.497 e. The molecule has 9 heteroatoms. The number of methoxy groups -OCH3 is 2. The molecule has 0 unspecified atom stereocenters. The number of rotatable bonds is 8. The first-order valence-corrected chi connectivity index (χ1v) is 11.9. The highest BCUT2D eigenvalue weighted by molar-refractivity contribution is 7.89. The monoisotopic (exact) mass is 440 g/mol. The number of nitrogens with one attached hydrogen (secondary N) is 1. The highest BCUT2D eigenvalue weighted by atomic mass is 32.2. The zero-order valence-electron chi connectivity index (χ0n) is 17.8. The molecule has 168 valence electrons. The number of hydrogen-bond acceptors (Lipinski definition) is 6. The summed E-state index contributed by atoms with van der Waals surface area (Å²) in [5.74, 6) is 0.501. The van der Waals surface area contributed by atoms with Crippen LogP contribution in [0.1, 0.15) is 32.1 Å². The van der Waals surface area contributed by atoms with Gasteiger partial charge in [-0.1, -0.05) is 6.07 Å². The van der Waals surface area contributed by atoms with Crippen molar-refractivity contribution in [1.29, 1.82) is 0 Å². The van der Waals surface area contributed by atoms with E-state index in [2.05, 4.69) is 5.32 Å². The van der Waals surface area contributed by atoms with Crippen LogP contribution in [0.3, 0.4) is 0 Å². The molecule has 8 nitrogen and oxygen atoms in total. The summed E-state index contributed by atoms with van der Waals surface area (Å²) < 4.78 is 43.5. The molecule has 0 atom stereocenters. The minimum Gasteiger partial charge on any atom is -0.497 e. The standard InChI is InChI=1S/C21H32N2O6S/c1-27-15-10-21(22-20(24)17-6-13-29-14-7-17)8-11-23(12-9-21)30(25,26)19-5-3-4-18(16-19)28-2/h3-5,16-17H,6-15H2,1-2H3,(H,22,24). The van der Waals surface area contributed by atoms with E-state index in [9.17, 15) is 13.2 Å². The van der Waals surface area contributed by atoms with Gasteiger partial charge in [-0.05, 0) is 44.2 Å². The Bertz CT molecular complexity index is 815. The third-order valence-electron chi connectivity index (χ3n) is 6.12. The van der Waals surface area contributed by atoms with E-state index < -0.39 is 15.6 Å². The van der Waals surface area contributed by atoms with Gasteiger partial charge < -0.3 is 19.5 Å². The summed E-state index contributed by atoms with van der Waals surface area (Å²) >= 11 is 0. The van der Waals surface area contributed by atoms with Gasteiger partial charge in [-0.15, -0.1) is 0 Å². The van der Waals surface area contributed by atoms with Crippen molar-refractivity contribution in [2.24, 2.45) is 5.92 Å². The molecule has 1 aromatic carbocycles. The minimum absolute atomic E-state index is 0.0403. The molecule has 1 amide bonds. The molecule has 2 fully saturated rings. The number of benzene rings is 1. The molecule has 30 heavy (non-hydrogen) atoms. The summed E-state index contributed by atoms with van der Waals surface area (Å²) in [5.41, 5.74) is -0.453. The Labute approximate surface area is 178 Å². The number of hydrogen-bond donors (Lipinski definition) is 1. The predicted molar refractivity (Wildman–Crippen MR) is 112 cm³/mol. The highest BCUT2D eigenvalue weighted by Crippen LogP contribution is 2.31. The quantitative estimate of drug-likeness (QED) is 0.663. The summed E-state index contributed by atoms with van der Waals surface area (Å²) in [6, 6.07) is 6.51. The van der Waals surface area contributed by atoms with Crippen molar-refractivity contribution in [3.63, 3.8) is 0 Å². The Hall–Kier alpha value is -1.68. The number of sulfonamides is 1. The molecule has 0 aromatic heterocycles. The highest BCUT2D eigenvalue weighted by Gasteiger charge is 2.40. The first kappa shape index (κ1) is 23.0. The van der Waals surface area contributed by atoms with Crippen molar-refractivity contribution in [2.75, 3.05) is 47.1 Å². The lowest BCUT2D eigenvalue weighted by molar-refractivity contribution is -0.130. The van der Waals surface area contributed by atoms with Crippen molar-refractivity contribution in [2.45, 2.75) is 42.5 Å². The fourth-order valence-electron chi connectivity index (χ4n) is 4.12. The van der Waals surface area contributed by atoms with Crippen molar-refractivity contribution in [3.05, 3.63) is 24.3 Å². The van der Waals surface area contributed by atoms with Gasteiger partial charge in [0.05, 0.1) is 12.0 Å². The van der Waals surface area contributed by atoms with Crippen LogP contribution in [0.5, 0.6) is 5.75 Å². The van der Waals surface area contributed by atoms with Crippen molar-refractivity contribution in [1.82, 2.24) is 9.62 Å². The molecule has 2 saturated heterocycles. The Balaban J connectivity index is 1.70. The van der Waals surface area contributed by atoms with E-state index in [-0.39, 0.29) is 16.7 Å². The van der Waals surface area contributed by atoms with Crippen molar-refractivity contribution < 1.29 is 27.4 Å². The zero-order valence-corrected chi connectivity index (χ0v) is 18.6. The first-order valence-electron chi connectivity index (χ1n) is 10.4. The molecule has 2 aliphatic rings. The van der Waals surface area contributed by atoms with Gasteiger partial charge in [0, 0.05) is 57.5 Å². The van der Waals surface area contributed by atoms with E-state index in [0.717, 1.165) is 12.8 Å². The maximum Gasteiger partial charge on any atom is 0.243 e. The van der Waals surface area contributed by atoms with E-state index in [1.165, 1.54) is 17.5 Å². The average Bonchev–Trinajstić information content (AvgIpc) is 2.78. The molecule has 3 rings (SSSR count). The Morgan fingerprint density at radius 2 is 1.93 bits per heavy atom. The number of piperidine rings is 1. The van der Waals surface area contributed by atoms with E-state index in [1.807, 2.05) is 0 Å². The Morgan fingerprint density at radius 1 is 1.23 bits per heavy atom. The number of ether oxygens (including phenoxy) is 3. The van der Waals surface area contributed by atoms with Crippen LogP contribution in [0.25, 0.3) is 0 Å². The zero-order chi connectivity index (χ0) is 21.6. The molecule has 1 aromatic rings. The second kappa shape index (κ2) is 10.1. The molecular weight excluding hydrogens is 408 g/mol. The van der Waals surface area contributed by atoms with E-state index >= 15 is 0 Å². The molecule has 1 N–H and O–H groups in total. The first-order chi connectivity index (χ1) is 14.4. The number of nitrogens with zero attached hydrogens (tertiary/aromatic N) is 1. The van der Waals surface area contributed by atoms with Crippen LogP contribution < -0.4 is 10.1 Å². The second-order valence-electron chi connectivity index (χ2n) is 7.98. The van der Waals surface area contributed by atoms with Gasteiger partial charge in [0.25, 0.3) is 0 Å². The number of carbonyl (C=O) groups is 1. The lowest BCUT2D eigenvalue weighted by atomic mass is 9.84. The minimum atomic E-state index is -3.62. The Kier molecular flexibility index (Phi) is 7.73. The normalized spacial score (nSPS) is 20.6. The SMILES string of the molecule is COCCC1(NC(=O)C2CCOCC2)CCN(S(=O)(=O)c2cccc(OC)c2)CC1. The van der Waals surface area contributed by atoms with Gasteiger partial charge in [-0.25, -0.2) is 8.42 Å². The van der Waals surface area contributed by atoms with E-state index in [0.29, 0.717) is 57.9 Å². The van der Waals surface area contributed by atoms with E-state index in [4.69, 9.17) is 14.2 Å². The van der Waals surface area contributed by atoms with Gasteiger partial charge in [0.15, 0.2) is 0 Å². The van der Waals surface area contributed by atoms with Gasteiger partial charge in [0.2, 0.25) is 15.9 Å². The topological polar surface area (TPSA) is 94.2 Å². The maximum atomic E-state index is 13.1. The van der Waals surface area contributed by atoms with Crippen molar-refractivity contribution >= 4 is 15.9 Å². The third-order valence-corrected chi connectivity index (χ3v) is 8.02. The number of carbonyl (C=O) groups excluding carboxylic acids is 1. The molecule has 0 spiro atoms. The fourth-order valence-corrected chi connectivity index (χ4v) is 5.60. The van der Waals surface area contributed by atoms with Crippen LogP contribution in [-0.4, -0.2) is 71.3 Å². The molecule has 0 bridgehead atoms. The maximum absolute atomic E-state index is 13.1. The van der Waals surface area contributed by atoms with Crippen LogP contribution in [0.4, 0.5) is 0 Å². The molecular formula is C21H32N2O6S. The van der Waals surface area contributed by atoms with Crippen LogP contribution in [0, 0.1) is 5.92 Å². The van der Waals surface area contributed by atoms with E-state index in [1.54, 1.807) is 25.3 Å². The molecule has 2 aliphatic heterocycles. The molecule has 2 heterocycles. The summed E-state index contributed by atoms with van der Waals surface area (Å²) in [6.45, 7) is 2.41. The summed E-state index contributed by atoms with van der Waals surface area (Å²) in [5, 5.41) is 3.25. The van der Waals surface area contributed by atoms with Crippen molar-refractivity contribution in [3.8, 4) is 5.75 Å². The van der Waals surface area contributed by atoms with Crippen LogP contribution in [0.2, 0.25) is 0 Å². The summed E-state index contributed by atoms with van der Waals surface area (Å²) in [7, 11) is -0.474. The second-order valence-corrected chi connectivity index (χ2v) is 9.92. The van der Waals surface area contributed by atoms with Crippen LogP contribution in [-0.2, 0) is 24.3 Å². The molecule has 0 radical (unpaired) electrons. The van der Waals surface area contributed by atoms with Gasteiger partial charge in [-0.3, -0.25) is 4.79 Å². The molecule has 0 saturated carbocycles. The van der Waals surface area contributed by atoms with Gasteiger partial charge >= 0.3 is 0 Å². The van der Waals surface area contributed by atoms with Crippen LogP contribution >= 0.6 is 0 Å². The average molecular weight is 441 g/mol.